The van der Waals surface area contributed by atoms with E-state index in [2.05, 4.69) is 6.07 Å². The molecule has 1 atom stereocenters. The third-order valence-electron chi connectivity index (χ3n) is 3.23. The third-order valence-corrected chi connectivity index (χ3v) is 3.23. The molecule has 0 radical (unpaired) electrons. The van der Waals surface area contributed by atoms with Crippen LogP contribution in [0.1, 0.15) is 24.0 Å². The smallest absolute Gasteiger partial charge is 0.240 e. The molecule has 0 bridgehead atoms. The van der Waals surface area contributed by atoms with Gasteiger partial charge in [-0.25, -0.2) is 0 Å². The highest BCUT2D eigenvalue weighted by Crippen LogP contribution is 2.31. The first-order chi connectivity index (χ1) is 8.15. The number of para-hydroxylation sites is 1. The van der Waals surface area contributed by atoms with E-state index >= 15 is 0 Å². The highest BCUT2D eigenvalue weighted by atomic mass is 16.1. The van der Waals surface area contributed by atoms with Gasteiger partial charge in [0, 0.05) is 6.54 Å². The van der Waals surface area contributed by atoms with Crippen LogP contribution in [0.3, 0.4) is 0 Å². The van der Waals surface area contributed by atoms with Crippen molar-refractivity contribution in [1.29, 1.82) is 5.26 Å². The number of hydrogen-bond donors (Lipinski definition) is 1. The molecule has 1 aliphatic rings. The summed E-state index contributed by atoms with van der Waals surface area (Å²) in [5, 5.41) is 9.14. The third kappa shape index (κ3) is 1.96. The van der Waals surface area contributed by atoms with Gasteiger partial charge in [-0.1, -0.05) is 12.1 Å². The summed E-state index contributed by atoms with van der Waals surface area (Å²) in [6.45, 7) is 2.74. The summed E-state index contributed by atoms with van der Waals surface area (Å²) in [5.41, 5.74) is 7.88. The van der Waals surface area contributed by atoms with Crippen LogP contribution in [-0.4, -0.2) is 18.5 Å². The number of nitrogens with zero attached hydrogens (tertiary/aromatic N) is 2. The van der Waals surface area contributed by atoms with Gasteiger partial charge in [-0.2, -0.15) is 5.26 Å². The van der Waals surface area contributed by atoms with E-state index in [0.717, 1.165) is 30.6 Å². The maximum atomic E-state index is 11.4. The molecule has 4 nitrogen and oxygen atoms in total. The first-order valence-corrected chi connectivity index (χ1v) is 5.71. The first kappa shape index (κ1) is 11.5. The van der Waals surface area contributed by atoms with E-state index in [1.807, 2.05) is 24.0 Å². The molecule has 1 fully saturated rings. The van der Waals surface area contributed by atoms with Gasteiger partial charge in [-0.05, 0) is 31.4 Å². The number of nitrogens with two attached hydrogens (primary N) is 1. The van der Waals surface area contributed by atoms with Gasteiger partial charge in [0.25, 0.3) is 0 Å². The van der Waals surface area contributed by atoms with Crippen molar-refractivity contribution < 1.29 is 4.79 Å². The van der Waals surface area contributed by atoms with Crippen LogP contribution in [0.2, 0.25) is 0 Å². The monoisotopic (exact) mass is 229 g/mol. The Bertz CT molecular complexity index is 490. The van der Waals surface area contributed by atoms with Gasteiger partial charge in [-0.3, -0.25) is 4.79 Å². The number of hydrogen-bond acceptors (Lipinski definition) is 3. The number of benzene rings is 1. The second-order valence-electron chi connectivity index (χ2n) is 4.34. The van der Waals surface area contributed by atoms with Crippen molar-refractivity contribution in [2.24, 2.45) is 5.73 Å². The summed E-state index contributed by atoms with van der Waals surface area (Å²) in [5.74, 6) is -0.311. The lowest BCUT2D eigenvalue weighted by Gasteiger charge is -2.26. The quantitative estimate of drug-likeness (QED) is 0.831. The molecule has 88 valence electrons. The highest BCUT2D eigenvalue weighted by molar-refractivity contribution is 5.85. The average molecular weight is 229 g/mol. The van der Waals surface area contributed by atoms with Crippen LogP contribution in [0.4, 0.5) is 5.69 Å². The molecule has 1 heterocycles. The van der Waals surface area contributed by atoms with Gasteiger partial charge in [0.15, 0.2) is 0 Å². The molecule has 0 saturated carbocycles. The van der Waals surface area contributed by atoms with Gasteiger partial charge < -0.3 is 10.6 Å². The zero-order valence-corrected chi connectivity index (χ0v) is 9.81. The maximum Gasteiger partial charge on any atom is 0.240 e. The zero-order chi connectivity index (χ0) is 12.4. The maximum absolute atomic E-state index is 11.4. The molecule has 17 heavy (non-hydrogen) atoms. The molecule has 1 amide bonds. The SMILES string of the molecule is Cc1cccc(C#N)c1N1CCCC1C(N)=O. The number of amides is 1. The Labute approximate surface area is 101 Å². The van der Waals surface area contributed by atoms with Crippen molar-refractivity contribution in [3.8, 4) is 6.07 Å². The van der Waals surface area contributed by atoms with Crippen LogP contribution < -0.4 is 10.6 Å². The molecule has 1 saturated heterocycles. The van der Waals surface area contributed by atoms with Crippen LogP contribution in [0, 0.1) is 18.3 Å². The molecule has 2 N–H and O–H groups in total. The van der Waals surface area contributed by atoms with Crippen molar-refractivity contribution in [3.05, 3.63) is 29.3 Å². The lowest BCUT2D eigenvalue weighted by Crippen LogP contribution is -2.41. The Kier molecular flexibility index (Phi) is 3.01. The highest BCUT2D eigenvalue weighted by Gasteiger charge is 2.31. The van der Waals surface area contributed by atoms with E-state index in [1.54, 1.807) is 6.07 Å². The predicted octanol–water partition coefficient (Wildman–Crippen LogP) is 1.32. The van der Waals surface area contributed by atoms with Crippen LogP contribution in [0.5, 0.6) is 0 Å². The fraction of sp³-hybridized carbons (Fsp3) is 0.385. The second kappa shape index (κ2) is 4.46. The van der Waals surface area contributed by atoms with Gasteiger partial charge >= 0.3 is 0 Å². The minimum atomic E-state index is -0.311. The lowest BCUT2D eigenvalue weighted by molar-refractivity contribution is -0.119. The molecule has 4 heteroatoms. The standard InChI is InChI=1S/C13H15N3O/c1-9-4-2-5-10(8-14)12(9)16-7-3-6-11(16)13(15)17/h2,4-5,11H,3,6-7H2,1H3,(H2,15,17). The Hall–Kier alpha value is -2.02. The first-order valence-electron chi connectivity index (χ1n) is 5.71. The van der Waals surface area contributed by atoms with Crippen LogP contribution in [0.25, 0.3) is 0 Å². The Morgan fingerprint density at radius 3 is 3.00 bits per heavy atom. The minimum Gasteiger partial charge on any atom is -0.368 e. The summed E-state index contributed by atoms with van der Waals surface area (Å²) in [4.78, 5) is 13.4. The normalized spacial score (nSPS) is 19.1. The van der Waals surface area contributed by atoms with E-state index in [1.165, 1.54) is 0 Å². The molecule has 0 aromatic heterocycles. The fourth-order valence-electron chi connectivity index (χ4n) is 2.46. The summed E-state index contributed by atoms with van der Waals surface area (Å²) in [6, 6.07) is 7.49. The average Bonchev–Trinajstić information content (AvgIpc) is 2.77. The predicted molar refractivity (Wildman–Crippen MR) is 65.5 cm³/mol. The van der Waals surface area contributed by atoms with Crippen molar-refractivity contribution in [2.45, 2.75) is 25.8 Å². The van der Waals surface area contributed by atoms with Gasteiger partial charge in [0.1, 0.15) is 12.1 Å². The van der Waals surface area contributed by atoms with Crippen molar-refractivity contribution in [1.82, 2.24) is 0 Å². The molecule has 1 unspecified atom stereocenters. The van der Waals surface area contributed by atoms with Gasteiger partial charge in [-0.15, -0.1) is 0 Å². The number of carbonyl (C=O) groups excluding carboxylic acids is 1. The summed E-state index contributed by atoms with van der Waals surface area (Å²) < 4.78 is 0. The molecule has 0 aliphatic carbocycles. The van der Waals surface area contributed by atoms with Gasteiger partial charge in [0.2, 0.25) is 5.91 Å². The molecule has 0 spiro atoms. The second-order valence-corrected chi connectivity index (χ2v) is 4.34. The Morgan fingerprint density at radius 2 is 2.35 bits per heavy atom. The largest absolute Gasteiger partial charge is 0.368 e. The van der Waals surface area contributed by atoms with Crippen molar-refractivity contribution in [2.75, 3.05) is 11.4 Å². The van der Waals surface area contributed by atoms with Crippen LogP contribution in [-0.2, 0) is 4.79 Å². The molecular weight excluding hydrogens is 214 g/mol. The molecule has 1 aromatic rings. The van der Waals surface area contributed by atoms with E-state index in [4.69, 9.17) is 11.0 Å². The molecule has 2 rings (SSSR count). The number of rotatable bonds is 2. The number of aryl methyl sites for hydroxylation is 1. The zero-order valence-electron chi connectivity index (χ0n) is 9.81. The fourth-order valence-corrected chi connectivity index (χ4v) is 2.46. The summed E-state index contributed by atoms with van der Waals surface area (Å²) in [6.07, 6.45) is 1.71. The van der Waals surface area contributed by atoms with E-state index in [0.29, 0.717) is 5.56 Å². The van der Waals surface area contributed by atoms with Crippen molar-refractivity contribution in [3.63, 3.8) is 0 Å². The number of primary amides is 1. The topological polar surface area (TPSA) is 70.1 Å². The molecular formula is C13H15N3O. The van der Waals surface area contributed by atoms with E-state index < -0.39 is 0 Å². The number of carbonyl (C=O) groups is 1. The molecule has 1 aromatic carbocycles. The lowest BCUT2D eigenvalue weighted by atomic mass is 10.1. The number of nitriles is 1. The van der Waals surface area contributed by atoms with Crippen LogP contribution >= 0.6 is 0 Å². The van der Waals surface area contributed by atoms with Crippen molar-refractivity contribution >= 4 is 11.6 Å². The number of anilines is 1. The Balaban J connectivity index is 2.47. The molecule has 1 aliphatic heterocycles. The van der Waals surface area contributed by atoms with Crippen LogP contribution in [0.15, 0.2) is 18.2 Å². The summed E-state index contributed by atoms with van der Waals surface area (Å²) >= 11 is 0. The van der Waals surface area contributed by atoms with Gasteiger partial charge in [0.05, 0.1) is 11.3 Å². The Morgan fingerprint density at radius 1 is 1.59 bits per heavy atom. The van der Waals surface area contributed by atoms with E-state index in [9.17, 15) is 4.79 Å². The van der Waals surface area contributed by atoms with E-state index in [-0.39, 0.29) is 11.9 Å². The minimum absolute atomic E-state index is 0.275. The summed E-state index contributed by atoms with van der Waals surface area (Å²) in [7, 11) is 0.